The summed E-state index contributed by atoms with van der Waals surface area (Å²) in [5.74, 6) is 1.11. The van der Waals surface area contributed by atoms with Crippen molar-refractivity contribution in [3.8, 4) is 11.5 Å². The molecule has 6 nitrogen and oxygen atoms in total. The highest BCUT2D eigenvalue weighted by Crippen LogP contribution is 2.29. The summed E-state index contributed by atoms with van der Waals surface area (Å²) < 4.78 is 11.2. The van der Waals surface area contributed by atoms with Crippen LogP contribution in [-0.2, 0) is 4.74 Å². The van der Waals surface area contributed by atoms with E-state index < -0.39 is 0 Å². The lowest BCUT2D eigenvalue weighted by Crippen LogP contribution is -3.03. The monoisotopic (exact) mass is 315 g/mol. The standard InChI is InChI=1S/C17H21N3O3/c18-12-3-8-16(19)17(10-12)23-14-6-4-13(5-7-14)20(21)11-15-2-1-9-22-15/h3-8,10,15,20H,1-2,9,11,18-19H2. The molecule has 0 radical (unpaired) electrons. The summed E-state index contributed by atoms with van der Waals surface area (Å²) >= 11 is 0. The lowest BCUT2D eigenvalue weighted by molar-refractivity contribution is -0.780. The molecular weight excluding hydrogens is 294 g/mol. The van der Waals surface area contributed by atoms with Gasteiger partial charge in [0.1, 0.15) is 24.1 Å². The van der Waals surface area contributed by atoms with Crippen LogP contribution in [0.5, 0.6) is 11.5 Å². The number of nitrogens with two attached hydrogens (primary N) is 2. The largest absolute Gasteiger partial charge is 0.629 e. The van der Waals surface area contributed by atoms with Gasteiger partial charge in [0, 0.05) is 30.5 Å². The fourth-order valence-electron chi connectivity index (χ4n) is 2.61. The van der Waals surface area contributed by atoms with E-state index in [-0.39, 0.29) is 11.2 Å². The first-order valence-corrected chi connectivity index (χ1v) is 7.69. The highest BCUT2D eigenvalue weighted by Gasteiger charge is 2.19. The van der Waals surface area contributed by atoms with Gasteiger partial charge in [0.05, 0.1) is 5.69 Å². The quantitative estimate of drug-likeness (QED) is 0.577. The van der Waals surface area contributed by atoms with E-state index in [1.807, 2.05) is 0 Å². The first-order chi connectivity index (χ1) is 11.1. The molecule has 3 rings (SSSR count). The van der Waals surface area contributed by atoms with Gasteiger partial charge in [-0.2, -0.15) is 0 Å². The van der Waals surface area contributed by atoms with E-state index in [1.54, 1.807) is 42.5 Å². The second-order valence-electron chi connectivity index (χ2n) is 5.69. The maximum atomic E-state index is 12.2. The Labute approximate surface area is 135 Å². The van der Waals surface area contributed by atoms with Crippen molar-refractivity contribution >= 4 is 17.1 Å². The van der Waals surface area contributed by atoms with Gasteiger partial charge in [-0.05, 0) is 37.1 Å². The van der Waals surface area contributed by atoms with Crippen LogP contribution in [0.25, 0.3) is 0 Å². The first-order valence-electron chi connectivity index (χ1n) is 7.69. The Bertz CT molecular complexity index is 655. The van der Waals surface area contributed by atoms with Gasteiger partial charge in [0.2, 0.25) is 0 Å². The third-order valence-electron chi connectivity index (χ3n) is 3.88. The average Bonchev–Trinajstić information content (AvgIpc) is 3.04. The number of quaternary nitrogens is 1. The van der Waals surface area contributed by atoms with Gasteiger partial charge in [-0.15, -0.1) is 0 Å². The number of anilines is 2. The Morgan fingerprint density at radius 2 is 1.96 bits per heavy atom. The summed E-state index contributed by atoms with van der Waals surface area (Å²) in [7, 11) is 0. The molecule has 23 heavy (non-hydrogen) atoms. The summed E-state index contributed by atoms with van der Waals surface area (Å²) in [6, 6.07) is 12.1. The van der Waals surface area contributed by atoms with Crippen molar-refractivity contribution in [2.24, 2.45) is 0 Å². The molecule has 1 heterocycles. The number of nitrogens with one attached hydrogen (secondary N) is 1. The summed E-state index contributed by atoms with van der Waals surface area (Å²) in [6.07, 6.45) is 2.05. The molecular formula is C17H21N3O3. The molecule has 1 fully saturated rings. The molecule has 0 bridgehead atoms. The Morgan fingerprint density at radius 1 is 1.17 bits per heavy atom. The van der Waals surface area contributed by atoms with Crippen molar-refractivity contribution in [2.45, 2.75) is 18.9 Å². The topological polar surface area (TPSA) is 98.0 Å². The second kappa shape index (κ2) is 6.87. The molecule has 1 aliphatic heterocycles. The fraction of sp³-hybridized carbons (Fsp3) is 0.294. The number of nitrogen functional groups attached to an aromatic ring is 2. The molecule has 2 unspecified atom stereocenters. The van der Waals surface area contributed by atoms with Gasteiger partial charge < -0.3 is 31.2 Å². The van der Waals surface area contributed by atoms with Crippen molar-refractivity contribution in [1.29, 1.82) is 0 Å². The van der Waals surface area contributed by atoms with E-state index in [0.29, 0.717) is 35.1 Å². The molecule has 2 atom stereocenters. The Morgan fingerprint density at radius 3 is 2.65 bits per heavy atom. The molecule has 1 saturated heterocycles. The molecule has 122 valence electrons. The molecule has 2 aromatic rings. The maximum absolute atomic E-state index is 12.2. The second-order valence-corrected chi connectivity index (χ2v) is 5.69. The minimum atomic E-state index is 0.0607. The molecule has 0 amide bonds. The van der Waals surface area contributed by atoms with E-state index in [2.05, 4.69) is 0 Å². The summed E-state index contributed by atoms with van der Waals surface area (Å²) in [5, 5.41) is 12.3. The third kappa shape index (κ3) is 3.92. The molecule has 0 spiro atoms. The van der Waals surface area contributed by atoms with Gasteiger partial charge in [0.15, 0.2) is 5.75 Å². The Kier molecular flexibility index (Phi) is 4.66. The van der Waals surface area contributed by atoms with Crippen molar-refractivity contribution in [3.05, 3.63) is 47.7 Å². The minimum Gasteiger partial charge on any atom is -0.629 e. The Hall–Kier alpha value is -2.28. The van der Waals surface area contributed by atoms with E-state index >= 15 is 0 Å². The van der Waals surface area contributed by atoms with Gasteiger partial charge >= 0.3 is 0 Å². The average molecular weight is 315 g/mol. The maximum Gasteiger partial charge on any atom is 0.152 e. The zero-order valence-corrected chi connectivity index (χ0v) is 12.8. The molecule has 5 N–H and O–H groups in total. The van der Waals surface area contributed by atoms with Crippen LogP contribution < -0.4 is 21.3 Å². The molecule has 0 aliphatic carbocycles. The lowest BCUT2D eigenvalue weighted by atomic mass is 10.2. The van der Waals surface area contributed by atoms with Gasteiger partial charge in [-0.25, -0.2) is 0 Å². The van der Waals surface area contributed by atoms with Crippen LogP contribution in [0.1, 0.15) is 12.8 Å². The number of benzene rings is 2. The molecule has 2 aromatic carbocycles. The zero-order valence-electron chi connectivity index (χ0n) is 12.8. The van der Waals surface area contributed by atoms with Crippen LogP contribution in [0.15, 0.2) is 42.5 Å². The predicted octanol–water partition coefficient (Wildman–Crippen LogP) is 1.84. The van der Waals surface area contributed by atoms with Gasteiger partial charge in [-0.1, -0.05) is 0 Å². The van der Waals surface area contributed by atoms with Crippen LogP contribution in [0.2, 0.25) is 0 Å². The van der Waals surface area contributed by atoms with E-state index in [9.17, 15) is 5.21 Å². The van der Waals surface area contributed by atoms with E-state index in [1.165, 1.54) is 0 Å². The highest BCUT2D eigenvalue weighted by atomic mass is 16.5. The number of rotatable bonds is 5. The van der Waals surface area contributed by atoms with E-state index in [0.717, 1.165) is 19.4 Å². The van der Waals surface area contributed by atoms with Crippen LogP contribution in [0.4, 0.5) is 17.1 Å². The highest BCUT2D eigenvalue weighted by molar-refractivity contribution is 5.60. The van der Waals surface area contributed by atoms with Crippen LogP contribution in [0.3, 0.4) is 0 Å². The van der Waals surface area contributed by atoms with E-state index in [4.69, 9.17) is 20.9 Å². The van der Waals surface area contributed by atoms with Crippen molar-refractivity contribution in [2.75, 3.05) is 24.6 Å². The zero-order chi connectivity index (χ0) is 16.2. The normalized spacial score (nSPS) is 18.7. The Balaban J connectivity index is 1.65. The van der Waals surface area contributed by atoms with Crippen LogP contribution in [-0.4, -0.2) is 19.3 Å². The molecule has 6 heteroatoms. The molecule has 0 saturated carbocycles. The smallest absolute Gasteiger partial charge is 0.152 e. The molecule has 0 aromatic heterocycles. The summed E-state index contributed by atoms with van der Waals surface area (Å²) in [4.78, 5) is 0. The predicted molar refractivity (Wildman–Crippen MR) is 89.6 cm³/mol. The van der Waals surface area contributed by atoms with Crippen molar-refractivity contribution in [3.63, 3.8) is 0 Å². The molecule has 1 aliphatic rings. The summed E-state index contributed by atoms with van der Waals surface area (Å²) in [5.41, 5.74) is 13.3. The summed E-state index contributed by atoms with van der Waals surface area (Å²) in [6.45, 7) is 1.19. The fourth-order valence-corrected chi connectivity index (χ4v) is 2.61. The first kappa shape index (κ1) is 15.6. The van der Waals surface area contributed by atoms with Gasteiger partial charge in [-0.3, -0.25) is 0 Å². The minimum absolute atomic E-state index is 0.0607. The number of hydrogen-bond acceptors (Lipinski definition) is 5. The van der Waals surface area contributed by atoms with Crippen molar-refractivity contribution in [1.82, 2.24) is 0 Å². The number of ether oxygens (including phenoxy) is 2. The van der Waals surface area contributed by atoms with Gasteiger partial charge in [0.25, 0.3) is 0 Å². The van der Waals surface area contributed by atoms with Crippen LogP contribution >= 0.6 is 0 Å². The number of hydrogen-bond donors (Lipinski definition) is 3. The third-order valence-corrected chi connectivity index (χ3v) is 3.88. The lowest BCUT2D eigenvalue weighted by Gasteiger charge is -2.24. The SMILES string of the molecule is Nc1ccc(N)c(Oc2ccc([NH+]([O-])CC3CCCO3)cc2)c1. The van der Waals surface area contributed by atoms with Crippen molar-refractivity contribution < 1.29 is 14.5 Å². The number of hydroxylamine groups is 1. The van der Waals surface area contributed by atoms with Crippen LogP contribution in [0, 0.1) is 5.21 Å².